The number of hydrogen-bond acceptors (Lipinski definition) is 1. The minimum absolute atomic E-state index is 0.871. The van der Waals surface area contributed by atoms with Crippen LogP contribution < -0.4 is 5.73 Å². The SMILES string of the molecule is CCCCCCCCCCCN.C[N+](C)(C)C. The van der Waals surface area contributed by atoms with Crippen molar-refractivity contribution >= 4 is 0 Å². The van der Waals surface area contributed by atoms with Crippen LogP contribution in [0.15, 0.2) is 0 Å². The molecule has 0 aromatic rings. The summed E-state index contributed by atoms with van der Waals surface area (Å²) in [5.74, 6) is 0. The number of hydrogen-bond donors (Lipinski definition) is 1. The standard InChI is InChI=1S/C11H25N.C4H12N/c1-2-3-4-5-6-7-8-9-10-11-12;1-5(2,3)4/h2-12H2,1H3;1-4H3/q;+1. The Morgan fingerprint density at radius 3 is 1.24 bits per heavy atom. The van der Waals surface area contributed by atoms with Crippen LogP contribution in [0.3, 0.4) is 0 Å². The lowest BCUT2D eigenvalue weighted by atomic mass is 10.1. The first kappa shape index (κ1) is 19.3. The third-order valence-corrected chi connectivity index (χ3v) is 2.31. The molecular formula is C15H37N2+. The molecule has 2 heteroatoms. The first-order chi connectivity index (χ1) is 7.91. The molecule has 0 saturated heterocycles. The van der Waals surface area contributed by atoms with Crippen LogP contribution >= 0.6 is 0 Å². The average Bonchev–Trinajstić information content (AvgIpc) is 2.20. The first-order valence-corrected chi connectivity index (χ1v) is 7.40. The molecule has 17 heavy (non-hydrogen) atoms. The fraction of sp³-hybridized carbons (Fsp3) is 1.00. The van der Waals surface area contributed by atoms with Gasteiger partial charge in [0.2, 0.25) is 0 Å². The van der Waals surface area contributed by atoms with Gasteiger partial charge >= 0.3 is 0 Å². The third-order valence-electron chi connectivity index (χ3n) is 2.31. The highest BCUT2D eigenvalue weighted by Crippen LogP contribution is 2.08. The molecule has 0 rings (SSSR count). The quantitative estimate of drug-likeness (QED) is 0.485. The van der Waals surface area contributed by atoms with Gasteiger partial charge in [0.15, 0.2) is 0 Å². The molecule has 0 radical (unpaired) electrons. The molecule has 106 valence electrons. The Kier molecular flexibility index (Phi) is 15.8. The van der Waals surface area contributed by atoms with Gasteiger partial charge in [-0.05, 0) is 13.0 Å². The van der Waals surface area contributed by atoms with E-state index >= 15 is 0 Å². The first-order valence-electron chi connectivity index (χ1n) is 7.40. The zero-order valence-corrected chi connectivity index (χ0v) is 13.1. The van der Waals surface area contributed by atoms with E-state index in [9.17, 15) is 0 Å². The fourth-order valence-corrected chi connectivity index (χ4v) is 1.45. The van der Waals surface area contributed by atoms with E-state index < -0.39 is 0 Å². The van der Waals surface area contributed by atoms with Gasteiger partial charge in [-0.15, -0.1) is 0 Å². The van der Waals surface area contributed by atoms with E-state index in [1.807, 2.05) is 0 Å². The van der Waals surface area contributed by atoms with Gasteiger partial charge in [-0.2, -0.15) is 0 Å². The van der Waals surface area contributed by atoms with E-state index in [1.54, 1.807) is 0 Å². The molecule has 0 saturated carbocycles. The van der Waals surface area contributed by atoms with Crippen LogP contribution in [0.5, 0.6) is 0 Å². The van der Waals surface area contributed by atoms with Crippen LogP contribution in [0, 0.1) is 0 Å². The van der Waals surface area contributed by atoms with Crippen molar-refractivity contribution in [3.63, 3.8) is 0 Å². The van der Waals surface area contributed by atoms with E-state index in [0.29, 0.717) is 0 Å². The Labute approximate surface area is 110 Å². The lowest BCUT2D eigenvalue weighted by Crippen LogP contribution is -2.27. The van der Waals surface area contributed by atoms with Gasteiger partial charge in [0.1, 0.15) is 0 Å². The summed E-state index contributed by atoms with van der Waals surface area (Å²) in [5.41, 5.74) is 5.41. The highest BCUT2D eigenvalue weighted by atomic mass is 15.2. The summed E-state index contributed by atoms with van der Waals surface area (Å²) >= 11 is 0. The van der Waals surface area contributed by atoms with Gasteiger partial charge in [-0.3, -0.25) is 0 Å². The second kappa shape index (κ2) is 14.0. The molecule has 2 nitrogen and oxygen atoms in total. The average molecular weight is 245 g/mol. The second-order valence-electron chi connectivity index (χ2n) is 6.30. The van der Waals surface area contributed by atoms with Crippen molar-refractivity contribution in [3.05, 3.63) is 0 Å². The molecule has 0 fully saturated rings. The monoisotopic (exact) mass is 245 g/mol. The van der Waals surface area contributed by atoms with Crippen LogP contribution in [-0.2, 0) is 0 Å². The van der Waals surface area contributed by atoms with Crippen LogP contribution in [0.4, 0.5) is 0 Å². The summed E-state index contributed by atoms with van der Waals surface area (Å²) in [5, 5.41) is 0. The van der Waals surface area contributed by atoms with Crippen molar-refractivity contribution in [1.82, 2.24) is 0 Å². The summed E-state index contributed by atoms with van der Waals surface area (Å²) in [4.78, 5) is 0. The minimum Gasteiger partial charge on any atom is -0.333 e. The Balaban J connectivity index is 0. The summed E-state index contributed by atoms with van der Waals surface area (Å²) in [7, 11) is 8.50. The molecule has 0 aliphatic rings. The number of rotatable bonds is 9. The highest BCUT2D eigenvalue weighted by Gasteiger charge is 1.90. The van der Waals surface area contributed by atoms with E-state index in [-0.39, 0.29) is 0 Å². The lowest BCUT2D eigenvalue weighted by molar-refractivity contribution is -0.849. The molecule has 0 amide bonds. The van der Waals surface area contributed by atoms with Gasteiger partial charge in [-0.25, -0.2) is 0 Å². The van der Waals surface area contributed by atoms with Gasteiger partial charge in [0.25, 0.3) is 0 Å². The molecule has 2 N–H and O–H groups in total. The Morgan fingerprint density at radius 1 is 0.647 bits per heavy atom. The number of unbranched alkanes of at least 4 members (excludes halogenated alkanes) is 8. The van der Waals surface area contributed by atoms with Crippen molar-refractivity contribution in [1.29, 1.82) is 0 Å². The Hall–Kier alpha value is -0.0800. The zero-order valence-electron chi connectivity index (χ0n) is 13.1. The summed E-state index contributed by atoms with van der Waals surface area (Å²) < 4.78 is 1.00. The van der Waals surface area contributed by atoms with E-state index in [4.69, 9.17) is 5.73 Å². The predicted octanol–water partition coefficient (Wildman–Crippen LogP) is 3.80. The molecule has 0 aromatic carbocycles. The largest absolute Gasteiger partial charge is 0.333 e. The molecular weight excluding hydrogens is 208 g/mol. The Morgan fingerprint density at radius 2 is 0.941 bits per heavy atom. The van der Waals surface area contributed by atoms with Crippen molar-refractivity contribution in [2.45, 2.75) is 64.7 Å². The van der Waals surface area contributed by atoms with Crippen LogP contribution in [0.1, 0.15) is 64.7 Å². The van der Waals surface area contributed by atoms with E-state index in [2.05, 4.69) is 35.1 Å². The molecule has 0 bridgehead atoms. The number of nitrogens with two attached hydrogens (primary N) is 1. The smallest absolute Gasteiger partial charge is 0.0675 e. The maximum absolute atomic E-state index is 5.41. The summed E-state index contributed by atoms with van der Waals surface area (Å²) in [6, 6.07) is 0. The topological polar surface area (TPSA) is 26.0 Å². The third kappa shape index (κ3) is 38.8. The Bertz CT molecular complexity index is 111. The fourth-order valence-electron chi connectivity index (χ4n) is 1.45. The molecule has 0 atom stereocenters. The summed E-state index contributed by atoms with van der Waals surface area (Å²) in [6.45, 7) is 3.14. The van der Waals surface area contributed by atoms with Gasteiger partial charge in [0.05, 0.1) is 28.2 Å². The number of nitrogens with zero attached hydrogens (tertiary/aromatic N) is 1. The maximum atomic E-state index is 5.41. The van der Waals surface area contributed by atoms with Crippen molar-refractivity contribution < 1.29 is 4.48 Å². The van der Waals surface area contributed by atoms with E-state index in [0.717, 1.165) is 11.0 Å². The van der Waals surface area contributed by atoms with Crippen molar-refractivity contribution in [2.75, 3.05) is 34.7 Å². The van der Waals surface area contributed by atoms with Gasteiger partial charge < -0.3 is 10.2 Å². The second-order valence-corrected chi connectivity index (χ2v) is 6.30. The van der Waals surface area contributed by atoms with Crippen LogP contribution in [0.2, 0.25) is 0 Å². The van der Waals surface area contributed by atoms with Gasteiger partial charge in [0, 0.05) is 0 Å². The lowest BCUT2D eigenvalue weighted by Gasteiger charge is -2.14. The van der Waals surface area contributed by atoms with Crippen LogP contribution in [0.25, 0.3) is 0 Å². The van der Waals surface area contributed by atoms with Crippen molar-refractivity contribution in [2.24, 2.45) is 5.73 Å². The maximum Gasteiger partial charge on any atom is 0.0675 e. The normalized spacial score (nSPS) is 10.9. The van der Waals surface area contributed by atoms with Crippen molar-refractivity contribution in [3.8, 4) is 0 Å². The zero-order chi connectivity index (χ0) is 13.6. The van der Waals surface area contributed by atoms with E-state index in [1.165, 1.54) is 57.8 Å². The molecule has 0 spiro atoms. The van der Waals surface area contributed by atoms with Gasteiger partial charge in [-0.1, -0.05) is 58.3 Å². The molecule has 0 aliphatic heterocycles. The molecule has 0 aliphatic carbocycles. The predicted molar refractivity (Wildman–Crippen MR) is 80.2 cm³/mol. The molecule has 0 heterocycles. The number of quaternary nitrogens is 1. The summed E-state index contributed by atoms with van der Waals surface area (Å²) in [6.07, 6.45) is 12.5. The molecule has 0 aromatic heterocycles. The molecule has 0 unspecified atom stereocenters. The minimum atomic E-state index is 0.871. The highest BCUT2D eigenvalue weighted by molar-refractivity contribution is 4.46. The van der Waals surface area contributed by atoms with Crippen LogP contribution in [-0.4, -0.2) is 39.2 Å².